The molecule has 0 amide bonds. The first-order valence-electron chi connectivity index (χ1n) is 7.48. The standard InChI is InChI=1S/C15H29N3O/c1-4-11-17-15(16-3)18-12-10-14(19-5-2)13-8-6-7-9-13/h4,13-14H,1,5-12H2,2-3H3,(H2,16,17,18). The van der Waals surface area contributed by atoms with E-state index in [0.29, 0.717) is 6.10 Å². The molecule has 0 saturated heterocycles. The number of guanidine groups is 1. The second-order valence-corrected chi connectivity index (χ2v) is 5.00. The number of hydrogen-bond donors (Lipinski definition) is 2. The van der Waals surface area contributed by atoms with E-state index in [1.165, 1.54) is 25.7 Å². The molecule has 0 aromatic carbocycles. The minimum atomic E-state index is 0.400. The van der Waals surface area contributed by atoms with E-state index < -0.39 is 0 Å². The Labute approximate surface area is 117 Å². The first-order chi connectivity index (χ1) is 9.31. The third-order valence-corrected chi connectivity index (χ3v) is 3.67. The lowest BCUT2D eigenvalue weighted by molar-refractivity contribution is 0.0169. The number of ether oxygens (including phenoxy) is 1. The highest BCUT2D eigenvalue weighted by Gasteiger charge is 2.24. The van der Waals surface area contributed by atoms with Crippen LogP contribution in [-0.2, 0) is 4.74 Å². The summed E-state index contributed by atoms with van der Waals surface area (Å²) in [7, 11) is 1.79. The number of nitrogens with zero attached hydrogens (tertiary/aromatic N) is 1. The molecule has 1 fully saturated rings. The molecule has 1 rings (SSSR count). The predicted molar refractivity (Wildman–Crippen MR) is 81.6 cm³/mol. The second kappa shape index (κ2) is 9.84. The van der Waals surface area contributed by atoms with Gasteiger partial charge in [0.15, 0.2) is 5.96 Å². The molecule has 1 saturated carbocycles. The molecule has 2 N–H and O–H groups in total. The average molecular weight is 267 g/mol. The molecular formula is C15H29N3O. The molecule has 1 unspecified atom stereocenters. The summed E-state index contributed by atoms with van der Waals surface area (Å²) >= 11 is 0. The smallest absolute Gasteiger partial charge is 0.191 e. The molecular weight excluding hydrogens is 238 g/mol. The Balaban J connectivity index is 2.28. The minimum Gasteiger partial charge on any atom is -0.378 e. The van der Waals surface area contributed by atoms with Crippen LogP contribution in [0.4, 0.5) is 0 Å². The lowest BCUT2D eigenvalue weighted by Crippen LogP contribution is -2.39. The largest absolute Gasteiger partial charge is 0.378 e. The Morgan fingerprint density at radius 1 is 1.42 bits per heavy atom. The fourth-order valence-corrected chi connectivity index (χ4v) is 2.72. The fraction of sp³-hybridized carbons (Fsp3) is 0.800. The van der Waals surface area contributed by atoms with Crippen LogP contribution in [0.3, 0.4) is 0 Å². The molecule has 0 radical (unpaired) electrons. The predicted octanol–water partition coefficient (Wildman–Crippen LogP) is 2.32. The summed E-state index contributed by atoms with van der Waals surface area (Å²) < 4.78 is 5.91. The summed E-state index contributed by atoms with van der Waals surface area (Å²) in [5, 5.41) is 6.50. The Kier molecular flexibility index (Phi) is 8.30. The number of rotatable bonds is 8. The van der Waals surface area contributed by atoms with Crippen LogP contribution >= 0.6 is 0 Å². The Morgan fingerprint density at radius 3 is 2.74 bits per heavy atom. The van der Waals surface area contributed by atoms with Gasteiger partial charge in [0.25, 0.3) is 0 Å². The molecule has 4 heteroatoms. The number of hydrogen-bond acceptors (Lipinski definition) is 2. The lowest BCUT2D eigenvalue weighted by atomic mass is 9.98. The number of nitrogens with one attached hydrogen (secondary N) is 2. The molecule has 1 aliphatic rings. The van der Waals surface area contributed by atoms with Gasteiger partial charge in [-0.25, -0.2) is 0 Å². The Hall–Kier alpha value is -1.03. The maximum Gasteiger partial charge on any atom is 0.191 e. The van der Waals surface area contributed by atoms with Crippen LogP contribution in [0.2, 0.25) is 0 Å². The summed E-state index contributed by atoms with van der Waals surface area (Å²) in [5.74, 6) is 1.59. The van der Waals surface area contributed by atoms with Crippen molar-refractivity contribution in [1.29, 1.82) is 0 Å². The van der Waals surface area contributed by atoms with Crippen LogP contribution < -0.4 is 10.6 Å². The molecule has 19 heavy (non-hydrogen) atoms. The zero-order valence-corrected chi connectivity index (χ0v) is 12.5. The minimum absolute atomic E-state index is 0.400. The SMILES string of the molecule is C=CCNC(=NC)NCCC(OCC)C1CCCC1. The van der Waals surface area contributed by atoms with Gasteiger partial charge in [-0.3, -0.25) is 4.99 Å². The van der Waals surface area contributed by atoms with E-state index in [1.54, 1.807) is 7.05 Å². The van der Waals surface area contributed by atoms with Crippen molar-refractivity contribution in [3.8, 4) is 0 Å². The van der Waals surface area contributed by atoms with E-state index in [1.807, 2.05) is 6.08 Å². The monoisotopic (exact) mass is 267 g/mol. The van der Waals surface area contributed by atoms with Gasteiger partial charge in [-0.15, -0.1) is 6.58 Å². The van der Waals surface area contributed by atoms with Gasteiger partial charge in [0, 0.05) is 26.7 Å². The zero-order chi connectivity index (χ0) is 13.9. The molecule has 0 bridgehead atoms. The molecule has 4 nitrogen and oxygen atoms in total. The molecule has 0 heterocycles. The van der Waals surface area contributed by atoms with E-state index in [4.69, 9.17) is 4.74 Å². The highest BCUT2D eigenvalue weighted by molar-refractivity contribution is 5.79. The van der Waals surface area contributed by atoms with E-state index in [2.05, 4.69) is 29.1 Å². The summed E-state index contributed by atoms with van der Waals surface area (Å²) in [4.78, 5) is 4.17. The van der Waals surface area contributed by atoms with Crippen LogP contribution in [-0.4, -0.2) is 38.8 Å². The van der Waals surface area contributed by atoms with E-state index >= 15 is 0 Å². The third kappa shape index (κ3) is 6.10. The summed E-state index contributed by atoms with van der Waals surface area (Å²) in [6, 6.07) is 0. The molecule has 1 atom stereocenters. The van der Waals surface area contributed by atoms with Gasteiger partial charge >= 0.3 is 0 Å². The van der Waals surface area contributed by atoms with Crippen molar-refractivity contribution in [2.75, 3.05) is 26.7 Å². The maximum atomic E-state index is 5.91. The van der Waals surface area contributed by atoms with Gasteiger partial charge in [-0.2, -0.15) is 0 Å². The van der Waals surface area contributed by atoms with E-state index in [9.17, 15) is 0 Å². The highest BCUT2D eigenvalue weighted by Crippen LogP contribution is 2.30. The summed E-state index contributed by atoms with van der Waals surface area (Å²) in [6.45, 7) is 8.21. The first kappa shape index (κ1) is 16.0. The van der Waals surface area contributed by atoms with Gasteiger partial charge in [0.1, 0.15) is 0 Å². The van der Waals surface area contributed by atoms with Gasteiger partial charge in [0.05, 0.1) is 6.10 Å². The molecule has 0 aromatic rings. The molecule has 110 valence electrons. The van der Waals surface area contributed by atoms with E-state index in [0.717, 1.165) is 38.0 Å². The number of aliphatic imine (C=N–C) groups is 1. The summed E-state index contributed by atoms with van der Waals surface area (Å²) in [5.41, 5.74) is 0. The van der Waals surface area contributed by atoms with Crippen molar-refractivity contribution in [3.63, 3.8) is 0 Å². The van der Waals surface area contributed by atoms with Crippen LogP contribution in [0.15, 0.2) is 17.6 Å². The van der Waals surface area contributed by atoms with Gasteiger partial charge in [-0.1, -0.05) is 18.9 Å². The molecule has 0 aromatic heterocycles. The highest BCUT2D eigenvalue weighted by atomic mass is 16.5. The van der Waals surface area contributed by atoms with Gasteiger partial charge in [-0.05, 0) is 32.1 Å². The third-order valence-electron chi connectivity index (χ3n) is 3.67. The first-order valence-corrected chi connectivity index (χ1v) is 7.48. The zero-order valence-electron chi connectivity index (χ0n) is 12.5. The van der Waals surface area contributed by atoms with Crippen molar-refractivity contribution >= 4 is 5.96 Å². The van der Waals surface area contributed by atoms with Crippen LogP contribution in [0.1, 0.15) is 39.0 Å². The molecule has 1 aliphatic carbocycles. The maximum absolute atomic E-state index is 5.91. The Morgan fingerprint density at radius 2 is 2.16 bits per heavy atom. The molecule has 0 aliphatic heterocycles. The van der Waals surface area contributed by atoms with Crippen LogP contribution in [0, 0.1) is 5.92 Å². The topological polar surface area (TPSA) is 45.7 Å². The van der Waals surface area contributed by atoms with E-state index in [-0.39, 0.29) is 0 Å². The quantitative estimate of drug-likeness (QED) is 0.403. The van der Waals surface area contributed by atoms with Crippen molar-refractivity contribution in [3.05, 3.63) is 12.7 Å². The van der Waals surface area contributed by atoms with Gasteiger partial charge < -0.3 is 15.4 Å². The van der Waals surface area contributed by atoms with Gasteiger partial charge in [0.2, 0.25) is 0 Å². The van der Waals surface area contributed by atoms with Crippen molar-refractivity contribution in [2.45, 2.75) is 45.1 Å². The summed E-state index contributed by atoms with van der Waals surface area (Å²) in [6.07, 6.45) is 8.66. The van der Waals surface area contributed by atoms with Crippen LogP contribution in [0.5, 0.6) is 0 Å². The molecule has 0 spiro atoms. The fourth-order valence-electron chi connectivity index (χ4n) is 2.72. The van der Waals surface area contributed by atoms with Crippen molar-refractivity contribution in [2.24, 2.45) is 10.9 Å². The normalized spacial score (nSPS) is 18.3. The van der Waals surface area contributed by atoms with Crippen molar-refractivity contribution in [1.82, 2.24) is 10.6 Å². The average Bonchev–Trinajstić information content (AvgIpc) is 2.95. The van der Waals surface area contributed by atoms with Crippen LogP contribution in [0.25, 0.3) is 0 Å². The Bertz CT molecular complexity index is 273. The van der Waals surface area contributed by atoms with Crippen molar-refractivity contribution < 1.29 is 4.74 Å². The second-order valence-electron chi connectivity index (χ2n) is 5.00. The lowest BCUT2D eigenvalue weighted by Gasteiger charge is -2.23.